The van der Waals surface area contributed by atoms with Gasteiger partial charge in [-0.3, -0.25) is 9.59 Å². The van der Waals surface area contributed by atoms with E-state index >= 15 is 0 Å². The van der Waals surface area contributed by atoms with Crippen LogP contribution in [0.3, 0.4) is 0 Å². The quantitative estimate of drug-likeness (QED) is 0.844. The molecule has 0 unspecified atom stereocenters. The van der Waals surface area contributed by atoms with Gasteiger partial charge in [-0.05, 0) is 6.07 Å². The highest BCUT2D eigenvalue weighted by atomic mass is 16.5. The van der Waals surface area contributed by atoms with Crippen LogP contribution in [0.15, 0.2) is 24.3 Å². The van der Waals surface area contributed by atoms with E-state index < -0.39 is 5.91 Å². The van der Waals surface area contributed by atoms with Gasteiger partial charge in [0.25, 0.3) is 0 Å². The first-order valence-corrected chi connectivity index (χ1v) is 5.80. The number of para-hydroxylation sites is 1. The number of carbonyl (C=O) groups excluding carboxylic acids is 2. The summed E-state index contributed by atoms with van der Waals surface area (Å²) < 4.78 is 5.24. The summed E-state index contributed by atoms with van der Waals surface area (Å²) in [5.74, 6) is -0.0735. The molecule has 0 bridgehead atoms. The van der Waals surface area contributed by atoms with Gasteiger partial charge in [0.2, 0.25) is 11.8 Å². The van der Waals surface area contributed by atoms with Crippen LogP contribution >= 0.6 is 0 Å². The Morgan fingerprint density at radius 2 is 2.22 bits per heavy atom. The van der Waals surface area contributed by atoms with Gasteiger partial charge in [0, 0.05) is 25.1 Å². The molecule has 5 heteroatoms. The highest BCUT2D eigenvalue weighted by Gasteiger charge is 2.33. The number of rotatable bonds is 4. The van der Waals surface area contributed by atoms with Crippen molar-refractivity contribution in [3.8, 4) is 5.75 Å². The second kappa shape index (κ2) is 5.08. The molecule has 1 aromatic rings. The minimum Gasteiger partial charge on any atom is -0.496 e. The molecule has 0 aliphatic carbocycles. The number of likely N-dealkylation sites (tertiary alicyclic amines) is 1. The van der Waals surface area contributed by atoms with Crippen molar-refractivity contribution in [2.24, 2.45) is 11.7 Å². The van der Waals surface area contributed by atoms with Gasteiger partial charge in [-0.25, -0.2) is 0 Å². The molecule has 2 rings (SSSR count). The van der Waals surface area contributed by atoms with Gasteiger partial charge in [-0.2, -0.15) is 0 Å². The monoisotopic (exact) mass is 248 g/mol. The molecule has 2 N–H and O–H groups in total. The van der Waals surface area contributed by atoms with Crippen molar-refractivity contribution in [3.05, 3.63) is 29.8 Å². The van der Waals surface area contributed by atoms with Crippen LogP contribution in [0.1, 0.15) is 12.0 Å². The Morgan fingerprint density at radius 3 is 2.83 bits per heavy atom. The van der Waals surface area contributed by atoms with Crippen LogP contribution in [0.4, 0.5) is 0 Å². The van der Waals surface area contributed by atoms with Crippen molar-refractivity contribution in [2.45, 2.75) is 13.0 Å². The Hall–Kier alpha value is -2.04. The maximum Gasteiger partial charge on any atom is 0.223 e. The average Bonchev–Trinajstić information content (AvgIpc) is 2.72. The van der Waals surface area contributed by atoms with Crippen LogP contribution in [-0.4, -0.2) is 30.4 Å². The highest BCUT2D eigenvalue weighted by molar-refractivity contribution is 5.88. The molecule has 0 aromatic heterocycles. The molecule has 1 fully saturated rings. The third-order valence-electron chi connectivity index (χ3n) is 3.17. The topological polar surface area (TPSA) is 72.6 Å². The van der Waals surface area contributed by atoms with Crippen molar-refractivity contribution in [1.82, 2.24) is 4.90 Å². The van der Waals surface area contributed by atoms with Gasteiger partial charge in [0.15, 0.2) is 0 Å². The van der Waals surface area contributed by atoms with Gasteiger partial charge < -0.3 is 15.4 Å². The number of carbonyl (C=O) groups is 2. The number of nitrogens with two attached hydrogens (primary N) is 1. The zero-order valence-electron chi connectivity index (χ0n) is 10.3. The molecule has 1 aliphatic rings. The van der Waals surface area contributed by atoms with Gasteiger partial charge >= 0.3 is 0 Å². The predicted octanol–water partition coefficient (Wildman–Crippen LogP) is 0.529. The Morgan fingerprint density at radius 1 is 1.50 bits per heavy atom. The average molecular weight is 248 g/mol. The van der Waals surface area contributed by atoms with E-state index in [0.29, 0.717) is 13.1 Å². The Kier molecular flexibility index (Phi) is 3.50. The molecule has 5 nitrogen and oxygen atoms in total. The summed E-state index contributed by atoms with van der Waals surface area (Å²) in [6, 6.07) is 7.52. The van der Waals surface area contributed by atoms with E-state index in [-0.39, 0.29) is 18.2 Å². The molecule has 1 heterocycles. The molecule has 1 aliphatic heterocycles. The standard InChI is InChI=1S/C13H16N2O3/c1-18-11-5-3-2-4-9(11)7-15-8-10(13(14)17)6-12(15)16/h2-5,10H,6-8H2,1H3,(H2,14,17)/t10-/m0/s1. The molecule has 1 saturated heterocycles. The number of primary amides is 1. The largest absolute Gasteiger partial charge is 0.496 e. The summed E-state index contributed by atoms with van der Waals surface area (Å²) in [7, 11) is 1.59. The first kappa shape index (κ1) is 12.4. The molecular formula is C13H16N2O3. The fraction of sp³-hybridized carbons (Fsp3) is 0.385. The molecule has 2 amide bonds. The summed E-state index contributed by atoms with van der Waals surface area (Å²) >= 11 is 0. The third-order valence-corrected chi connectivity index (χ3v) is 3.17. The van der Waals surface area contributed by atoms with Crippen LogP contribution in [-0.2, 0) is 16.1 Å². The molecule has 1 atom stereocenters. The second-order valence-electron chi connectivity index (χ2n) is 4.39. The van der Waals surface area contributed by atoms with Crippen LogP contribution < -0.4 is 10.5 Å². The van der Waals surface area contributed by atoms with E-state index in [1.165, 1.54) is 0 Å². The first-order chi connectivity index (χ1) is 8.61. The van der Waals surface area contributed by atoms with Crippen molar-refractivity contribution in [3.63, 3.8) is 0 Å². The van der Waals surface area contributed by atoms with Gasteiger partial charge in [-0.1, -0.05) is 18.2 Å². The minimum absolute atomic E-state index is 0.0373. The molecule has 0 spiro atoms. The lowest BCUT2D eigenvalue weighted by Crippen LogP contribution is -2.28. The van der Waals surface area contributed by atoms with E-state index in [1.54, 1.807) is 12.0 Å². The smallest absolute Gasteiger partial charge is 0.223 e. The normalized spacial score (nSPS) is 19.1. The third kappa shape index (κ3) is 2.45. The van der Waals surface area contributed by atoms with Crippen LogP contribution in [0.5, 0.6) is 5.75 Å². The van der Waals surface area contributed by atoms with Crippen molar-refractivity contribution in [1.29, 1.82) is 0 Å². The van der Waals surface area contributed by atoms with Crippen molar-refractivity contribution in [2.75, 3.05) is 13.7 Å². The predicted molar refractivity (Wildman–Crippen MR) is 65.7 cm³/mol. The van der Waals surface area contributed by atoms with Crippen LogP contribution in [0.25, 0.3) is 0 Å². The molecule has 0 saturated carbocycles. The fourth-order valence-electron chi connectivity index (χ4n) is 2.15. The van der Waals surface area contributed by atoms with Gasteiger partial charge in [0.1, 0.15) is 5.75 Å². The Balaban J connectivity index is 2.10. The molecule has 96 valence electrons. The number of nitrogens with zero attached hydrogens (tertiary/aromatic N) is 1. The lowest BCUT2D eigenvalue weighted by atomic mass is 10.1. The number of amides is 2. The van der Waals surface area contributed by atoms with Crippen molar-refractivity contribution >= 4 is 11.8 Å². The van der Waals surface area contributed by atoms with E-state index in [9.17, 15) is 9.59 Å². The first-order valence-electron chi connectivity index (χ1n) is 5.80. The molecule has 0 radical (unpaired) electrons. The SMILES string of the molecule is COc1ccccc1CN1C[C@@H](C(N)=O)CC1=O. The Bertz CT molecular complexity index is 473. The minimum atomic E-state index is -0.411. The summed E-state index contributed by atoms with van der Waals surface area (Å²) in [6.07, 6.45) is 0.213. The molecule has 1 aromatic carbocycles. The second-order valence-corrected chi connectivity index (χ2v) is 4.39. The summed E-state index contributed by atoms with van der Waals surface area (Å²) in [5, 5.41) is 0. The highest BCUT2D eigenvalue weighted by Crippen LogP contribution is 2.24. The number of methoxy groups -OCH3 is 1. The zero-order chi connectivity index (χ0) is 13.1. The Labute approximate surface area is 106 Å². The van der Waals surface area contributed by atoms with Crippen LogP contribution in [0.2, 0.25) is 0 Å². The summed E-state index contributed by atoms with van der Waals surface area (Å²) in [4.78, 5) is 24.5. The zero-order valence-corrected chi connectivity index (χ0v) is 10.3. The molecular weight excluding hydrogens is 232 g/mol. The van der Waals surface area contributed by atoms with E-state index in [4.69, 9.17) is 10.5 Å². The number of hydrogen-bond acceptors (Lipinski definition) is 3. The van der Waals surface area contributed by atoms with Crippen LogP contribution in [0, 0.1) is 5.92 Å². The van der Waals surface area contributed by atoms with Gasteiger partial charge in [-0.15, -0.1) is 0 Å². The number of ether oxygens (including phenoxy) is 1. The maximum atomic E-state index is 11.8. The van der Waals surface area contributed by atoms with Crippen molar-refractivity contribution < 1.29 is 14.3 Å². The number of benzene rings is 1. The van der Waals surface area contributed by atoms with E-state index in [0.717, 1.165) is 11.3 Å². The lowest BCUT2D eigenvalue weighted by Gasteiger charge is -2.17. The van der Waals surface area contributed by atoms with E-state index in [2.05, 4.69) is 0 Å². The fourth-order valence-corrected chi connectivity index (χ4v) is 2.15. The summed E-state index contributed by atoms with van der Waals surface area (Å²) in [6.45, 7) is 0.846. The summed E-state index contributed by atoms with van der Waals surface area (Å²) in [5.41, 5.74) is 6.16. The van der Waals surface area contributed by atoms with E-state index in [1.807, 2.05) is 24.3 Å². The number of hydrogen-bond donors (Lipinski definition) is 1. The molecule has 18 heavy (non-hydrogen) atoms. The maximum absolute atomic E-state index is 11.8. The van der Waals surface area contributed by atoms with Gasteiger partial charge in [0.05, 0.1) is 13.0 Å². The lowest BCUT2D eigenvalue weighted by molar-refractivity contribution is -0.128.